The van der Waals surface area contributed by atoms with E-state index in [9.17, 15) is 39.3 Å². The van der Waals surface area contributed by atoms with Crippen molar-refractivity contribution in [3.05, 3.63) is 0 Å². The van der Waals surface area contributed by atoms with Crippen molar-refractivity contribution < 1.29 is 117 Å². The van der Waals surface area contributed by atoms with E-state index in [2.05, 4.69) is 9.05 Å². The van der Waals surface area contributed by atoms with Crippen LogP contribution in [-0.2, 0) is 18.2 Å². The van der Waals surface area contributed by atoms with Crippen molar-refractivity contribution in [2.45, 2.75) is 36.6 Å². The van der Waals surface area contributed by atoms with Crippen molar-refractivity contribution in [1.82, 2.24) is 0 Å². The van der Waals surface area contributed by atoms with Gasteiger partial charge in [-0.3, -0.25) is 9.13 Å². The fraction of sp³-hybridized carbons (Fsp3) is 1.00. The molecule has 1 aliphatic rings. The Morgan fingerprint density at radius 2 is 0.864 bits per heavy atom. The maximum atomic E-state index is 10.5. The van der Waals surface area contributed by atoms with Crippen LogP contribution in [0.4, 0.5) is 0 Å². The molecule has 1 rings (SSSR count). The maximum Gasteiger partial charge on any atom is 1.00 e. The van der Waals surface area contributed by atoms with Gasteiger partial charge in [0.05, 0.1) is 0 Å². The molecule has 0 amide bonds. The summed E-state index contributed by atoms with van der Waals surface area (Å²) in [5, 5.41) is 37.9. The number of phosphoric ester groups is 2. The van der Waals surface area contributed by atoms with Gasteiger partial charge in [0.25, 0.3) is 15.6 Å². The molecule has 0 spiro atoms. The predicted molar refractivity (Wildman–Crippen MR) is 53.4 cm³/mol. The van der Waals surface area contributed by atoms with Crippen molar-refractivity contribution in [3.63, 3.8) is 0 Å². The van der Waals surface area contributed by atoms with Crippen LogP contribution in [0.1, 0.15) is 0 Å². The zero-order chi connectivity index (χ0) is 15.9. The minimum absolute atomic E-state index is 0. The molecule has 0 aromatic carbocycles. The summed E-state index contributed by atoms with van der Waals surface area (Å²) in [6, 6.07) is 0. The molecule has 22 heavy (non-hydrogen) atoms. The van der Waals surface area contributed by atoms with Crippen molar-refractivity contribution in [1.29, 1.82) is 0 Å². The van der Waals surface area contributed by atoms with E-state index in [1.807, 2.05) is 0 Å². The summed E-state index contributed by atoms with van der Waals surface area (Å²) in [5.41, 5.74) is 0. The van der Waals surface area contributed by atoms with Crippen LogP contribution in [0.3, 0.4) is 0 Å². The summed E-state index contributed by atoms with van der Waals surface area (Å²) in [6.45, 7) is 0. The summed E-state index contributed by atoms with van der Waals surface area (Å²) < 4.78 is 28.8. The van der Waals surface area contributed by atoms with Gasteiger partial charge in [-0.05, 0) is 0 Å². The second-order valence-corrected chi connectivity index (χ2v) is 6.34. The fourth-order valence-electron chi connectivity index (χ4n) is 1.74. The van der Waals surface area contributed by atoms with Gasteiger partial charge < -0.3 is 49.0 Å². The molecule has 0 aromatic rings. The van der Waals surface area contributed by atoms with E-state index in [0.717, 1.165) is 0 Å². The number of phosphoric acid groups is 2. The maximum absolute atomic E-state index is 10.5. The normalized spacial score (nSPS) is 40.5. The summed E-state index contributed by atoms with van der Waals surface area (Å²) in [4.78, 5) is 38.0. The molecule has 1 saturated carbocycles. The van der Waals surface area contributed by atoms with Crippen LogP contribution < -0.4 is 68.9 Å². The molecule has 0 saturated heterocycles. The van der Waals surface area contributed by atoms with Crippen molar-refractivity contribution in [2.24, 2.45) is 0 Å². The summed E-state index contributed by atoms with van der Waals surface area (Å²) in [7, 11) is -10.8. The van der Waals surface area contributed by atoms with Crippen LogP contribution in [0, 0.1) is 0 Å². The van der Waals surface area contributed by atoms with Gasteiger partial charge in [-0.2, -0.15) is 0 Å². The molecule has 0 aromatic heterocycles. The van der Waals surface area contributed by atoms with Gasteiger partial charge in [0.2, 0.25) is 0 Å². The Bertz CT molecular complexity index is 381. The van der Waals surface area contributed by atoms with Crippen molar-refractivity contribution >= 4 is 15.6 Å². The van der Waals surface area contributed by atoms with Crippen LogP contribution in [0.25, 0.3) is 0 Å². The van der Waals surface area contributed by atoms with Gasteiger partial charge in [-0.25, -0.2) is 0 Å². The number of hydrogen-bond acceptors (Lipinski definition) is 10. The van der Waals surface area contributed by atoms with E-state index in [0.29, 0.717) is 0 Å². The molecule has 1 fully saturated rings. The van der Waals surface area contributed by atoms with Gasteiger partial charge >= 0.3 is 59.1 Å². The van der Waals surface area contributed by atoms with Crippen LogP contribution in [0.5, 0.6) is 0 Å². The monoisotopic (exact) mass is 384 g/mol. The van der Waals surface area contributed by atoms with E-state index in [1.165, 1.54) is 0 Å². The molecule has 0 aliphatic heterocycles. The standard InChI is InChI=1S/C6H14O12P2.2Na/c7-1-2(8)6(18-20(14,15)16)4(10)3(9)5(1)17-19(11,12)13;;/h1-10H,(H2,11,12,13)(H2,14,15,16);;/q;2*+1/p-2/t1-,2-,3-,4+,5?,6?;;/m1../s1. The Hall–Kier alpha value is 2.06. The topological polar surface area (TPSA) is 220 Å². The second kappa shape index (κ2) is 9.67. The second-order valence-electron chi connectivity index (χ2n) is 4.04. The molecule has 4 unspecified atom stereocenters. The van der Waals surface area contributed by atoms with Gasteiger partial charge in [-0.1, -0.05) is 0 Å². The molecule has 8 atom stereocenters. The third kappa shape index (κ3) is 7.52. The van der Waals surface area contributed by atoms with E-state index in [4.69, 9.17) is 9.79 Å². The molecular weight excluding hydrogens is 372 g/mol. The van der Waals surface area contributed by atoms with E-state index < -0.39 is 52.3 Å². The van der Waals surface area contributed by atoms with E-state index >= 15 is 0 Å². The first-order valence-corrected chi connectivity index (χ1v) is 7.99. The van der Waals surface area contributed by atoms with Gasteiger partial charge in [0.15, 0.2) is 0 Å². The Labute approximate surface area is 168 Å². The van der Waals surface area contributed by atoms with Crippen LogP contribution in [-0.4, -0.2) is 66.8 Å². The molecule has 120 valence electrons. The summed E-state index contributed by atoms with van der Waals surface area (Å²) >= 11 is 0. The first-order valence-electron chi connectivity index (χ1n) is 5.00. The fourth-order valence-corrected chi connectivity index (χ4v) is 2.85. The van der Waals surface area contributed by atoms with E-state index in [1.54, 1.807) is 0 Å². The van der Waals surface area contributed by atoms with Crippen LogP contribution in [0.2, 0.25) is 0 Å². The first kappa shape index (κ1) is 26.3. The quantitative estimate of drug-likeness (QED) is 0.196. The summed E-state index contributed by atoms with van der Waals surface area (Å²) in [5.74, 6) is 0. The molecule has 0 bridgehead atoms. The molecule has 12 nitrogen and oxygen atoms in total. The number of rotatable bonds is 4. The zero-order valence-electron chi connectivity index (χ0n) is 11.5. The minimum atomic E-state index is -5.42. The molecule has 16 heteroatoms. The van der Waals surface area contributed by atoms with Gasteiger partial charge in [-0.15, -0.1) is 0 Å². The predicted octanol–water partition coefficient (Wildman–Crippen LogP) is -10.9. The largest absolute Gasteiger partial charge is 1.00 e. The SMILES string of the molecule is O=P([O-])(O)OC1[C@@H](O)[C@@H](O)C(OP(=O)([O-])O)[C@H](O)[C@H]1O.[Na+].[Na+]. The molecule has 0 heterocycles. The molecule has 0 radical (unpaired) electrons. The average Bonchev–Trinajstić information content (AvgIpc) is 2.25. The van der Waals surface area contributed by atoms with Crippen molar-refractivity contribution in [2.75, 3.05) is 0 Å². The van der Waals surface area contributed by atoms with Crippen LogP contribution in [0.15, 0.2) is 0 Å². The van der Waals surface area contributed by atoms with E-state index in [-0.39, 0.29) is 59.1 Å². The smallest absolute Gasteiger partial charge is 0.756 e. The van der Waals surface area contributed by atoms with Gasteiger partial charge in [0.1, 0.15) is 36.6 Å². The molecule has 6 N–H and O–H groups in total. The Morgan fingerprint density at radius 3 is 1.00 bits per heavy atom. The molecule has 1 aliphatic carbocycles. The van der Waals surface area contributed by atoms with Crippen LogP contribution >= 0.6 is 15.6 Å². The first-order chi connectivity index (χ1) is 8.83. The third-order valence-corrected chi connectivity index (χ3v) is 3.58. The Morgan fingerprint density at radius 1 is 0.682 bits per heavy atom. The number of aliphatic hydroxyl groups is 4. The number of aliphatic hydroxyl groups excluding tert-OH is 4. The number of hydrogen-bond donors (Lipinski definition) is 6. The zero-order valence-corrected chi connectivity index (χ0v) is 17.3. The van der Waals surface area contributed by atoms with Crippen molar-refractivity contribution in [3.8, 4) is 0 Å². The Kier molecular flexibility index (Phi) is 11.6. The molecular formula is C6H12Na2O12P2. The average molecular weight is 384 g/mol. The third-order valence-electron chi connectivity index (χ3n) is 2.56. The summed E-state index contributed by atoms with van der Waals surface area (Å²) in [6.07, 6.45) is -13.3. The minimum Gasteiger partial charge on any atom is -0.756 e. The Balaban J connectivity index is 0. The van der Waals surface area contributed by atoms with Gasteiger partial charge in [0, 0.05) is 0 Å².